The lowest BCUT2D eigenvalue weighted by atomic mass is 10.1. The van der Waals surface area contributed by atoms with E-state index in [1.54, 1.807) is 13.4 Å². The molecule has 1 aromatic heterocycles. The van der Waals surface area contributed by atoms with Crippen LogP contribution in [-0.2, 0) is 19.5 Å². The number of hydrogen-bond donors (Lipinski definition) is 2. The van der Waals surface area contributed by atoms with Crippen molar-refractivity contribution in [2.45, 2.75) is 40.3 Å². The quantitative estimate of drug-likeness (QED) is 0.351. The lowest BCUT2D eigenvalue weighted by molar-refractivity contribution is 0.411. The fourth-order valence-electron chi connectivity index (χ4n) is 2.51. The maximum atomic E-state index is 5.37. The van der Waals surface area contributed by atoms with Crippen LogP contribution in [0.2, 0.25) is 0 Å². The molecule has 0 saturated carbocycles. The van der Waals surface area contributed by atoms with Gasteiger partial charge in [-0.3, -0.25) is 0 Å². The largest absolute Gasteiger partial charge is 0.496 e. The molecule has 0 amide bonds. The van der Waals surface area contributed by atoms with Gasteiger partial charge in [-0.05, 0) is 31.0 Å². The van der Waals surface area contributed by atoms with Crippen molar-refractivity contribution in [2.75, 3.05) is 20.2 Å². The Labute approximate surface area is 172 Å². The summed E-state index contributed by atoms with van der Waals surface area (Å²) in [5, 5.41) is 14.7. The van der Waals surface area contributed by atoms with Crippen molar-refractivity contribution in [3.05, 3.63) is 41.5 Å². The van der Waals surface area contributed by atoms with Gasteiger partial charge in [0.05, 0.1) is 13.7 Å². The van der Waals surface area contributed by atoms with Crippen molar-refractivity contribution >= 4 is 29.9 Å². The van der Waals surface area contributed by atoms with E-state index in [1.807, 2.05) is 13.0 Å². The van der Waals surface area contributed by atoms with Crippen LogP contribution in [0.1, 0.15) is 30.8 Å². The molecule has 0 aliphatic heterocycles. The third kappa shape index (κ3) is 6.47. The Morgan fingerprint density at radius 3 is 2.77 bits per heavy atom. The van der Waals surface area contributed by atoms with Gasteiger partial charge in [0.25, 0.3) is 0 Å². The molecule has 0 radical (unpaired) electrons. The minimum absolute atomic E-state index is 0. The summed E-state index contributed by atoms with van der Waals surface area (Å²) >= 11 is 0. The number of halogens is 1. The van der Waals surface area contributed by atoms with Crippen LogP contribution in [0.4, 0.5) is 0 Å². The average molecular weight is 472 g/mol. The Morgan fingerprint density at radius 1 is 1.27 bits per heavy atom. The van der Waals surface area contributed by atoms with Crippen LogP contribution in [0.5, 0.6) is 5.75 Å². The van der Waals surface area contributed by atoms with Gasteiger partial charge in [0.1, 0.15) is 17.9 Å². The molecular formula is C18H29IN6O. The smallest absolute Gasteiger partial charge is 0.191 e. The number of aryl methyl sites for hydroxylation is 2. The first-order chi connectivity index (χ1) is 12.2. The average Bonchev–Trinajstić information content (AvgIpc) is 3.08. The number of ether oxygens (including phenoxy) is 1. The summed E-state index contributed by atoms with van der Waals surface area (Å²) in [5.41, 5.74) is 2.24. The molecule has 0 spiro atoms. The van der Waals surface area contributed by atoms with E-state index in [2.05, 4.69) is 56.4 Å². The van der Waals surface area contributed by atoms with E-state index < -0.39 is 0 Å². The lowest BCUT2D eigenvalue weighted by Gasteiger charge is -2.12. The van der Waals surface area contributed by atoms with Crippen LogP contribution < -0.4 is 15.4 Å². The highest BCUT2D eigenvalue weighted by atomic mass is 127. The van der Waals surface area contributed by atoms with E-state index in [-0.39, 0.29) is 24.0 Å². The first kappa shape index (κ1) is 22.2. The molecule has 0 aliphatic carbocycles. The van der Waals surface area contributed by atoms with Crippen LogP contribution in [0.25, 0.3) is 0 Å². The number of hydrogen-bond acceptors (Lipinski definition) is 4. The standard InChI is InChI=1S/C18H28N6O.HI/c1-5-17-23-22-13-24(17)10-9-20-18(19-6-2)21-12-15-8-7-14(3)16(11-15)25-4;/h7-8,11,13H,5-6,9-10,12H2,1-4H3,(H2,19,20,21);1H. The highest BCUT2D eigenvalue weighted by Crippen LogP contribution is 2.19. The summed E-state index contributed by atoms with van der Waals surface area (Å²) in [6.07, 6.45) is 2.65. The Morgan fingerprint density at radius 2 is 2.08 bits per heavy atom. The van der Waals surface area contributed by atoms with Gasteiger partial charge in [-0.1, -0.05) is 19.1 Å². The molecule has 0 unspecified atom stereocenters. The van der Waals surface area contributed by atoms with Gasteiger partial charge in [0.15, 0.2) is 5.96 Å². The second-order valence-corrected chi connectivity index (χ2v) is 5.72. The first-order valence-corrected chi connectivity index (χ1v) is 8.70. The topological polar surface area (TPSA) is 76.4 Å². The number of guanidine groups is 1. The number of benzene rings is 1. The Balaban J connectivity index is 0.00000338. The van der Waals surface area contributed by atoms with E-state index in [1.165, 1.54) is 0 Å². The van der Waals surface area contributed by atoms with E-state index in [4.69, 9.17) is 4.74 Å². The van der Waals surface area contributed by atoms with Crippen molar-refractivity contribution in [2.24, 2.45) is 4.99 Å². The maximum Gasteiger partial charge on any atom is 0.191 e. The van der Waals surface area contributed by atoms with E-state index >= 15 is 0 Å². The predicted octanol–water partition coefficient (Wildman–Crippen LogP) is 2.53. The minimum Gasteiger partial charge on any atom is -0.496 e. The molecule has 1 aromatic carbocycles. The SMILES string of the molecule is CCNC(=NCc1ccc(C)c(OC)c1)NCCn1cnnc1CC.I. The molecule has 2 N–H and O–H groups in total. The second-order valence-electron chi connectivity index (χ2n) is 5.72. The number of rotatable bonds is 8. The third-order valence-corrected chi connectivity index (χ3v) is 3.89. The maximum absolute atomic E-state index is 5.37. The number of aromatic nitrogens is 3. The fourth-order valence-corrected chi connectivity index (χ4v) is 2.51. The molecular weight excluding hydrogens is 443 g/mol. The summed E-state index contributed by atoms with van der Waals surface area (Å²) in [4.78, 5) is 4.65. The fraction of sp³-hybridized carbons (Fsp3) is 0.500. The zero-order chi connectivity index (χ0) is 18.1. The van der Waals surface area contributed by atoms with Crippen LogP contribution in [0.15, 0.2) is 29.5 Å². The molecule has 0 fully saturated rings. The summed E-state index contributed by atoms with van der Waals surface area (Å²) in [6.45, 7) is 9.14. The van der Waals surface area contributed by atoms with Crippen molar-refractivity contribution < 1.29 is 4.74 Å². The number of methoxy groups -OCH3 is 1. The third-order valence-electron chi connectivity index (χ3n) is 3.89. The highest BCUT2D eigenvalue weighted by Gasteiger charge is 2.03. The second kappa shape index (κ2) is 11.7. The number of aliphatic imine (C=N–C) groups is 1. The Hall–Kier alpha value is -1.84. The summed E-state index contributed by atoms with van der Waals surface area (Å²) < 4.78 is 7.43. The molecule has 1 heterocycles. The minimum atomic E-state index is 0. The zero-order valence-electron chi connectivity index (χ0n) is 16.0. The molecule has 8 heteroatoms. The van der Waals surface area contributed by atoms with Gasteiger partial charge >= 0.3 is 0 Å². The molecule has 2 aromatic rings. The van der Waals surface area contributed by atoms with Gasteiger partial charge in [0.2, 0.25) is 0 Å². The monoisotopic (exact) mass is 472 g/mol. The van der Waals surface area contributed by atoms with Crippen LogP contribution >= 0.6 is 24.0 Å². The predicted molar refractivity (Wildman–Crippen MR) is 115 cm³/mol. The van der Waals surface area contributed by atoms with Crippen LogP contribution in [0, 0.1) is 6.92 Å². The van der Waals surface area contributed by atoms with Crippen LogP contribution in [0.3, 0.4) is 0 Å². The first-order valence-electron chi connectivity index (χ1n) is 8.70. The summed E-state index contributed by atoms with van der Waals surface area (Å²) in [5.74, 6) is 2.69. The van der Waals surface area contributed by atoms with E-state index in [0.29, 0.717) is 6.54 Å². The van der Waals surface area contributed by atoms with Crippen molar-refractivity contribution in [1.29, 1.82) is 0 Å². The molecule has 0 bridgehead atoms. The normalized spacial score (nSPS) is 11.0. The number of nitrogens with one attached hydrogen (secondary N) is 2. The Kier molecular flexibility index (Phi) is 10.0. The van der Waals surface area contributed by atoms with Gasteiger partial charge in [0, 0.05) is 26.1 Å². The van der Waals surface area contributed by atoms with Crippen LogP contribution in [-0.4, -0.2) is 40.9 Å². The highest BCUT2D eigenvalue weighted by molar-refractivity contribution is 14.0. The lowest BCUT2D eigenvalue weighted by Crippen LogP contribution is -2.38. The summed E-state index contributed by atoms with van der Waals surface area (Å²) in [7, 11) is 1.69. The molecule has 0 atom stereocenters. The van der Waals surface area contributed by atoms with Gasteiger partial charge in [-0.25, -0.2) is 4.99 Å². The molecule has 0 aliphatic rings. The zero-order valence-corrected chi connectivity index (χ0v) is 18.3. The summed E-state index contributed by atoms with van der Waals surface area (Å²) in [6, 6.07) is 6.17. The van der Waals surface area contributed by atoms with Crippen molar-refractivity contribution in [1.82, 2.24) is 25.4 Å². The van der Waals surface area contributed by atoms with Gasteiger partial charge in [-0.2, -0.15) is 0 Å². The molecule has 0 saturated heterocycles. The Bertz CT molecular complexity index is 701. The van der Waals surface area contributed by atoms with Crippen molar-refractivity contribution in [3.8, 4) is 5.75 Å². The molecule has 26 heavy (non-hydrogen) atoms. The van der Waals surface area contributed by atoms with Gasteiger partial charge in [-0.15, -0.1) is 34.2 Å². The molecule has 144 valence electrons. The molecule has 2 rings (SSSR count). The van der Waals surface area contributed by atoms with E-state index in [0.717, 1.165) is 54.7 Å². The van der Waals surface area contributed by atoms with E-state index in [9.17, 15) is 0 Å². The van der Waals surface area contributed by atoms with Gasteiger partial charge < -0.3 is 19.9 Å². The number of nitrogens with zero attached hydrogens (tertiary/aromatic N) is 4. The van der Waals surface area contributed by atoms with Crippen molar-refractivity contribution in [3.63, 3.8) is 0 Å². The molecule has 7 nitrogen and oxygen atoms in total.